The molecular weight excluding hydrogens is 400 g/mol. The standard InChI is InChI=1S/C19H28N4O3S.ClH/c1-12(2)17(20)18(25)21-11-16(24)22-15-6-4-5-14(13(15)3)19(26)23-7-9-27-10-8-23;/h4-6,12,17H,7-11,20H2,1-3H3,(H,21,25)(H,22,24);1H/t17-;/m0./s1. The third-order valence-electron chi connectivity index (χ3n) is 4.58. The average Bonchev–Trinajstić information content (AvgIpc) is 2.67. The molecule has 0 unspecified atom stereocenters. The van der Waals surface area contributed by atoms with Crippen LogP contribution in [-0.2, 0) is 9.59 Å². The Kier molecular flexibility index (Phi) is 9.78. The number of carbonyl (C=O) groups is 3. The van der Waals surface area contributed by atoms with E-state index in [0.29, 0.717) is 11.3 Å². The minimum Gasteiger partial charge on any atom is -0.346 e. The smallest absolute Gasteiger partial charge is 0.254 e. The highest BCUT2D eigenvalue weighted by Gasteiger charge is 2.21. The maximum absolute atomic E-state index is 12.7. The number of rotatable bonds is 6. The summed E-state index contributed by atoms with van der Waals surface area (Å²) in [6.45, 7) is 6.81. The highest BCUT2D eigenvalue weighted by Crippen LogP contribution is 2.22. The minimum atomic E-state index is -0.650. The highest BCUT2D eigenvalue weighted by atomic mass is 35.5. The quantitative estimate of drug-likeness (QED) is 0.639. The molecule has 7 nitrogen and oxygen atoms in total. The Morgan fingerprint density at radius 3 is 2.46 bits per heavy atom. The van der Waals surface area contributed by atoms with E-state index in [9.17, 15) is 14.4 Å². The van der Waals surface area contributed by atoms with Gasteiger partial charge >= 0.3 is 0 Å². The van der Waals surface area contributed by atoms with E-state index in [0.717, 1.165) is 30.2 Å². The summed E-state index contributed by atoms with van der Waals surface area (Å²) < 4.78 is 0. The van der Waals surface area contributed by atoms with Crippen molar-refractivity contribution in [1.29, 1.82) is 0 Å². The molecule has 1 aliphatic rings. The lowest BCUT2D eigenvalue weighted by Gasteiger charge is -2.27. The van der Waals surface area contributed by atoms with Crippen LogP contribution in [0.25, 0.3) is 0 Å². The molecule has 0 saturated carbocycles. The maximum Gasteiger partial charge on any atom is 0.254 e. The van der Waals surface area contributed by atoms with E-state index in [1.165, 1.54) is 0 Å². The van der Waals surface area contributed by atoms with Crippen molar-refractivity contribution in [2.75, 3.05) is 36.5 Å². The fourth-order valence-electron chi connectivity index (χ4n) is 2.72. The molecule has 2 rings (SSSR count). The molecule has 28 heavy (non-hydrogen) atoms. The number of nitrogens with two attached hydrogens (primary N) is 1. The van der Waals surface area contributed by atoms with E-state index < -0.39 is 6.04 Å². The Hall–Kier alpha value is -1.77. The van der Waals surface area contributed by atoms with Crippen molar-refractivity contribution >= 4 is 47.6 Å². The molecule has 1 aromatic rings. The van der Waals surface area contributed by atoms with Gasteiger partial charge in [0.2, 0.25) is 11.8 Å². The van der Waals surface area contributed by atoms with Gasteiger partial charge in [0.25, 0.3) is 5.91 Å². The Bertz CT molecular complexity index is 708. The molecule has 1 fully saturated rings. The number of hydrogen-bond acceptors (Lipinski definition) is 5. The van der Waals surface area contributed by atoms with Gasteiger partial charge in [-0.1, -0.05) is 19.9 Å². The summed E-state index contributed by atoms with van der Waals surface area (Å²) in [6, 6.07) is 4.63. The van der Waals surface area contributed by atoms with Crippen LogP contribution in [0, 0.1) is 12.8 Å². The van der Waals surface area contributed by atoms with Crippen LogP contribution in [0.4, 0.5) is 5.69 Å². The van der Waals surface area contributed by atoms with Crippen LogP contribution < -0.4 is 16.4 Å². The number of benzene rings is 1. The predicted octanol–water partition coefficient (Wildman–Crippen LogP) is 1.64. The van der Waals surface area contributed by atoms with Gasteiger partial charge in [0.15, 0.2) is 0 Å². The molecule has 1 aromatic carbocycles. The summed E-state index contributed by atoms with van der Waals surface area (Å²) in [4.78, 5) is 38.6. The van der Waals surface area contributed by atoms with Crippen LogP contribution in [-0.4, -0.2) is 59.8 Å². The predicted molar refractivity (Wildman–Crippen MR) is 116 cm³/mol. The van der Waals surface area contributed by atoms with E-state index in [-0.39, 0.29) is 42.6 Å². The number of hydrogen-bond donors (Lipinski definition) is 3. The number of anilines is 1. The molecule has 156 valence electrons. The third kappa shape index (κ3) is 6.39. The lowest BCUT2D eigenvalue weighted by Crippen LogP contribution is -2.46. The van der Waals surface area contributed by atoms with Crippen LogP contribution in [0.5, 0.6) is 0 Å². The Labute approximate surface area is 176 Å². The van der Waals surface area contributed by atoms with Crippen molar-refractivity contribution in [2.24, 2.45) is 11.7 Å². The van der Waals surface area contributed by atoms with Crippen LogP contribution in [0.3, 0.4) is 0 Å². The molecule has 0 aromatic heterocycles. The van der Waals surface area contributed by atoms with E-state index >= 15 is 0 Å². The monoisotopic (exact) mass is 428 g/mol. The molecule has 0 radical (unpaired) electrons. The molecule has 1 saturated heterocycles. The van der Waals surface area contributed by atoms with Gasteiger partial charge < -0.3 is 21.3 Å². The SMILES string of the molecule is Cc1c(NC(=O)CNC(=O)[C@@H](N)C(C)C)cccc1C(=O)N1CCSCC1.Cl. The van der Waals surface area contributed by atoms with Gasteiger partial charge in [-0.3, -0.25) is 14.4 Å². The number of amides is 3. The topological polar surface area (TPSA) is 105 Å². The summed E-state index contributed by atoms with van der Waals surface area (Å²) >= 11 is 1.84. The summed E-state index contributed by atoms with van der Waals surface area (Å²) in [5.74, 6) is 1.15. The van der Waals surface area contributed by atoms with Crippen molar-refractivity contribution in [3.05, 3.63) is 29.3 Å². The molecule has 1 heterocycles. The van der Waals surface area contributed by atoms with Crippen molar-refractivity contribution in [3.63, 3.8) is 0 Å². The van der Waals surface area contributed by atoms with Gasteiger partial charge in [-0.15, -0.1) is 12.4 Å². The number of thioether (sulfide) groups is 1. The summed E-state index contributed by atoms with van der Waals surface area (Å²) in [7, 11) is 0. The molecule has 1 atom stereocenters. The molecular formula is C19H29ClN4O3S. The van der Waals surface area contributed by atoms with Crippen LogP contribution in [0.1, 0.15) is 29.8 Å². The molecule has 4 N–H and O–H groups in total. The second-order valence-corrected chi connectivity index (χ2v) is 8.14. The second-order valence-electron chi connectivity index (χ2n) is 6.92. The molecule has 0 aliphatic carbocycles. The maximum atomic E-state index is 12.7. The lowest BCUT2D eigenvalue weighted by molar-refractivity contribution is -0.125. The largest absolute Gasteiger partial charge is 0.346 e. The summed E-state index contributed by atoms with van der Waals surface area (Å²) in [6.07, 6.45) is 0. The van der Waals surface area contributed by atoms with Crippen molar-refractivity contribution in [3.8, 4) is 0 Å². The first kappa shape index (κ1) is 24.3. The zero-order valence-corrected chi connectivity index (χ0v) is 18.1. The summed E-state index contributed by atoms with van der Waals surface area (Å²) in [5, 5.41) is 5.30. The average molecular weight is 429 g/mol. The van der Waals surface area contributed by atoms with E-state index in [2.05, 4.69) is 10.6 Å². The van der Waals surface area contributed by atoms with Gasteiger partial charge in [0.1, 0.15) is 0 Å². The first-order valence-electron chi connectivity index (χ1n) is 9.11. The highest BCUT2D eigenvalue weighted by molar-refractivity contribution is 7.99. The number of halogens is 1. The van der Waals surface area contributed by atoms with Gasteiger partial charge in [-0.2, -0.15) is 11.8 Å². The van der Waals surface area contributed by atoms with Gasteiger partial charge in [0, 0.05) is 35.8 Å². The molecule has 1 aliphatic heterocycles. The zero-order valence-electron chi connectivity index (χ0n) is 16.5. The number of carbonyl (C=O) groups excluding carboxylic acids is 3. The lowest BCUT2D eigenvalue weighted by atomic mass is 10.0. The molecule has 9 heteroatoms. The number of nitrogens with zero attached hydrogens (tertiary/aromatic N) is 1. The van der Waals surface area contributed by atoms with Crippen molar-refractivity contribution in [1.82, 2.24) is 10.2 Å². The van der Waals surface area contributed by atoms with Crippen LogP contribution >= 0.6 is 24.2 Å². The van der Waals surface area contributed by atoms with Crippen molar-refractivity contribution in [2.45, 2.75) is 26.8 Å². The molecule has 0 bridgehead atoms. The van der Waals surface area contributed by atoms with Gasteiger partial charge in [0.05, 0.1) is 12.6 Å². The first-order chi connectivity index (χ1) is 12.8. The molecule has 0 spiro atoms. The Morgan fingerprint density at radius 2 is 1.86 bits per heavy atom. The summed E-state index contributed by atoms with van der Waals surface area (Å²) in [5.41, 5.74) is 7.64. The third-order valence-corrected chi connectivity index (χ3v) is 5.52. The van der Waals surface area contributed by atoms with Crippen LogP contribution in [0.2, 0.25) is 0 Å². The Balaban J connectivity index is 0.00000392. The van der Waals surface area contributed by atoms with Gasteiger partial charge in [-0.05, 0) is 30.5 Å². The van der Waals surface area contributed by atoms with Crippen LogP contribution in [0.15, 0.2) is 18.2 Å². The zero-order chi connectivity index (χ0) is 20.0. The fourth-order valence-corrected chi connectivity index (χ4v) is 3.63. The van der Waals surface area contributed by atoms with E-state index in [1.807, 2.05) is 37.4 Å². The molecule has 3 amide bonds. The van der Waals surface area contributed by atoms with Crippen molar-refractivity contribution < 1.29 is 14.4 Å². The van der Waals surface area contributed by atoms with Gasteiger partial charge in [-0.25, -0.2) is 0 Å². The number of nitrogens with one attached hydrogen (secondary N) is 2. The minimum absolute atomic E-state index is 0. The van der Waals surface area contributed by atoms with E-state index in [1.54, 1.807) is 18.2 Å². The second kappa shape index (κ2) is 11.3. The van der Waals surface area contributed by atoms with E-state index in [4.69, 9.17) is 5.73 Å². The normalized spacial score (nSPS) is 14.8. The first-order valence-corrected chi connectivity index (χ1v) is 10.3. The Morgan fingerprint density at radius 1 is 1.21 bits per heavy atom. The fraction of sp³-hybridized carbons (Fsp3) is 0.526.